The van der Waals surface area contributed by atoms with Gasteiger partial charge in [0.15, 0.2) is 0 Å². The molecule has 0 bridgehead atoms. The highest BCUT2D eigenvalue weighted by Gasteiger charge is 2.03. The summed E-state index contributed by atoms with van der Waals surface area (Å²) in [4.78, 5) is 6.34. The molecule has 0 amide bonds. The van der Waals surface area contributed by atoms with Crippen LogP contribution in [0.25, 0.3) is 5.57 Å². The van der Waals surface area contributed by atoms with Crippen LogP contribution in [0.1, 0.15) is 11.1 Å². The zero-order valence-corrected chi connectivity index (χ0v) is 8.57. The molecule has 2 rings (SSSR count). The van der Waals surface area contributed by atoms with Crippen molar-refractivity contribution in [2.24, 2.45) is 0 Å². The van der Waals surface area contributed by atoms with Gasteiger partial charge in [-0.05, 0) is 36.4 Å². The van der Waals surface area contributed by atoms with Crippen molar-refractivity contribution in [1.82, 2.24) is 9.88 Å². The molecule has 0 N–H and O–H groups in total. The lowest BCUT2D eigenvalue weighted by molar-refractivity contribution is 0.506. The largest absolute Gasteiger partial charge is 0.377 e. The van der Waals surface area contributed by atoms with Crippen molar-refractivity contribution < 1.29 is 0 Å². The SMILES string of the molecule is Cc1cncc(C2=CCN(C)C=C2)c1. The summed E-state index contributed by atoms with van der Waals surface area (Å²) in [5, 5.41) is 0. The van der Waals surface area contributed by atoms with Crippen LogP contribution in [0.5, 0.6) is 0 Å². The summed E-state index contributed by atoms with van der Waals surface area (Å²) in [6.07, 6.45) is 10.2. The van der Waals surface area contributed by atoms with E-state index in [4.69, 9.17) is 0 Å². The molecular formula is C12H14N2. The Hall–Kier alpha value is -1.57. The second kappa shape index (κ2) is 3.66. The van der Waals surface area contributed by atoms with Gasteiger partial charge in [0.05, 0.1) is 0 Å². The van der Waals surface area contributed by atoms with E-state index in [0.717, 1.165) is 6.54 Å². The number of aromatic nitrogens is 1. The van der Waals surface area contributed by atoms with Gasteiger partial charge < -0.3 is 4.90 Å². The Morgan fingerprint density at radius 2 is 2.21 bits per heavy atom. The average molecular weight is 186 g/mol. The molecule has 1 aliphatic rings. The third-order valence-corrected chi connectivity index (χ3v) is 2.32. The van der Waals surface area contributed by atoms with Gasteiger partial charge in [0, 0.05) is 31.5 Å². The minimum atomic E-state index is 0.972. The number of pyridine rings is 1. The van der Waals surface area contributed by atoms with E-state index in [2.05, 4.69) is 48.3 Å². The molecule has 0 atom stereocenters. The molecule has 0 spiro atoms. The van der Waals surface area contributed by atoms with Crippen molar-refractivity contribution in [3.05, 3.63) is 47.9 Å². The van der Waals surface area contributed by atoms with Gasteiger partial charge in [0.2, 0.25) is 0 Å². The highest BCUT2D eigenvalue weighted by atomic mass is 15.1. The van der Waals surface area contributed by atoms with Crippen LogP contribution in [0.15, 0.2) is 36.8 Å². The fourth-order valence-electron chi connectivity index (χ4n) is 1.51. The van der Waals surface area contributed by atoms with Gasteiger partial charge in [-0.25, -0.2) is 0 Å². The van der Waals surface area contributed by atoms with E-state index in [0.29, 0.717) is 0 Å². The van der Waals surface area contributed by atoms with Gasteiger partial charge in [0.25, 0.3) is 0 Å². The van der Waals surface area contributed by atoms with Crippen LogP contribution < -0.4 is 0 Å². The smallest absolute Gasteiger partial charge is 0.0359 e. The molecule has 1 aromatic heterocycles. The average Bonchev–Trinajstić information content (AvgIpc) is 2.19. The summed E-state index contributed by atoms with van der Waals surface area (Å²) in [6.45, 7) is 3.04. The minimum absolute atomic E-state index is 0.972. The quantitative estimate of drug-likeness (QED) is 0.668. The zero-order chi connectivity index (χ0) is 9.97. The van der Waals surface area contributed by atoms with Crippen LogP contribution in [0, 0.1) is 6.92 Å². The minimum Gasteiger partial charge on any atom is -0.377 e. The Bertz CT molecular complexity index is 391. The van der Waals surface area contributed by atoms with E-state index >= 15 is 0 Å². The van der Waals surface area contributed by atoms with Crippen molar-refractivity contribution in [3.8, 4) is 0 Å². The van der Waals surface area contributed by atoms with E-state index in [1.807, 2.05) is 12.4 Å². The summed E-state index contributed by atoms with van der Waals surface area (Å²) >= 11 is 0. The van der Waals surface area contributed by atoms with Crippen LogP contribution >= 0.6 is 0 Å². The van der Waals surface area contributed by atoms with Gasteiger partial charge in [-0.15, -0.1) is 0 Å². The zero-order valence-electron chi connectivity index (χ0n) is 8.57. The maximum Gasteiger partial charge on any atom is 0.0359 e. The molecule has 14 heavy (non-hydrogen) atoms. The molecule has 2 heterocycles. The molecule has 0 saturated heterocycles. The van der Waals surface area contributed by atoms with Crippen LogP contribution in [-0.2, 0) is 0 Å². The first kappa shape index (κ1) is 9.00. The normalized spacial score (nSPS) is 15.6. The lowest BCUT2D eigenvalue weighted by Gasteiger charge is -2.17. The van der Waals surface area contributed by atoms with Crippen molar-refractivity contribution in [3.63, 3.8) is 0 Å². The molecule has 0 aliphatic carbocycles. The van der Waals surface area contributed by atoms with Crippen LogP contribution in [0.4, 0.5) is 0 Å². The topological polar surface area (TPSA) is 16.1 Å². The first-order chi connectivity index (χ1) is 6.75. The van der Waals surface area contributed by atoms with Gasteiger partial charge >= 0.3 is 0 Å². The lowest BCUT2D eigenvalue weighted by atomic mass is 10.0. The molecule has 0 radical (unpaired) electrons. The predicted molar refractivity (Wildman–Crippen MR) is 58.7 cm³/mol. The van der Waals surface area contributed by atoms with Crippen LogP contribution in [0.2, 0.25) is 0 Å². The maximum absolute atomic E-state index is 4.19. The molecule has 72 valence electrons. The fourth-order valence-corrected chi connectivity index (χ4v) is 1.51. The van der Waals surface area contributed by atoms with Gasteiger partial charge in [-0.2, -0.15) is 0 Å². The van der Waals surface area contributed by atoms with E-state index < -0.39 is 0 Å². The van der Waals surface area contributed by atoms with Gasteiger partial charge in [0.1, 0.15) is 0 Å². The van der Waals surface area contributed by atoms with Gasteiger partial charge in [-0.1, -0.05) is 6.08 Å². The predicted octanol–water partition coefficient (Wildman–Crippen LogP) is 2.23. The van der Waals surface area contributed by atoms with E-state index in [1.165, 1.54) is 16.7 Å². The Balaban J connectivity index is 2.29. The molecule has 2 heteroatoms. The van der Waals surface area contributed by atoms with Crippen molar-refractivity contribution in [2.45, 2.75) is 6.92 Å². The number of aryl methyl sites for hydroxylation is 1. The number of hydrogen-bond acceptors (Lipinski definition) is 2. The summed E-state index contributed by atoms with van der Waals surface area (Å²) in [7, 11) is 2.07. The third kappa shape index (κ3) is 1.84. The fraction of sp³-hybridized carbons (Fsp3) is 0.250. The summed E-state index contributed by atoms with van der Waals surface area (Å²) in [5.41, 5.74) is 3.67. The highest BCUT2D eigenvalue weighted by molar-refractivity contribution is 5.74. The number of likely N-dealkylation sites (N-methyl/N-ethyl adjacent to an activating group) is 1. The first-order valence-electron chi connectivity index (χ1n) is 4.76. The standard InChI is InChI=1S/C12H14N2/c1-10-7-12(9-13-8-10)11-3-5-14(2)6-4-11/h3-5,7-9H,6H2,1-2H3. The number of nitrogens with zero attached hydrogens (tertiary/aromatic N) is 2. The van der Waals surface area contributed by atoms with Gasteiger partial charge in [-0.3, -0.25) is 4.98 Å². The van der Waals surface area contributed by atoms with Crippen molar-refractivity contribution in [1.29, 1.82) is 0 Å². The Morgan fingerprint density at radius 3 is 2.86 bits per heavy atom. The second-order valence-corrected chi connectivity index (χ2v) is 3.67. The Kier molecular flexibility index (Phi) is 2.35. The number of rotatable bonds is 1. The molecule has 0 saturated carbocycles. The Morgan fingerprint density at radius 1 is 1.36 bits per heavy atom. The van der Waals surface area contributed by atoms with Crippen molar-refractivity contribution in [2.75, 3.05) is 13.6 Å². The second-order valence-electron chi connectivity index (χ2n) is 3.67. The molecule has 0 fully saturated rings. The molecular weight excluding hydrogens is 172 g/mol. The molecule has 1 aromatic rings. The van der Waals surface area contributed by atoms with Crippen LogP contribution in [0.3, 0.4) is 0 Å². The lowest BCUT2D eigenvalue weighted by Crippen LogP contribution is -2.13. The first-order valence-corrected chi connectivity index (χ1v) is 4.76. The Labute approximate surface area is 84.6 Å². The summed E-state index contributed by atoms with van der Waals surface area (Å²) in [5.74, 6) is 0. The third-order valence-electron chi connectivity index (χ3n) is 2.32. The number of allylic oxidation sites excluding steroid dienone is 2. The van der Waals surface area contributed by atoms with E-state index in [-0.39, 0.29) is 0 Å². The summed E-state index contributed by atoms with van der Waals surface area (Å²) in [6, 6.07) is 2.16. The monoisotopic (exact) mass is 186 g/mol. The van der Waals surface area contributed by atoms with E-state index in [9.17, 15) is 0 Å². The molecule has 0 unspecified atom stereocenters. The van der Waals surface area contributed by atoms with E-state index in [1.54, 1.807) is 0 Å². The maximum atomic E-state index is 4.19. The van der Waals surface area contributed by atoms with Crippen molar-refractivity contribution >= 4 is 5.57 Å². The molecule has 1 aliphatic heterocycles. The number of hydrogen-bond donors (Lipinski definition) is 0. The molecule has 0 aromatic carbocycles. The molecule has 2 nitrogen and oxygen atoms in total. The highest BCUT2D eigenvalue weighted by Crippen LogP contribution is 2.18. The van der Waals surface area contributed by atoms with Crippen LogP contribution in [-0.4, -0.2) is 23.5 Å². The summed E-state index contributed by atoms with van der Waals surface area (Å²) < 4.78 is 0.